The number of aldehydes is 1. The lowest BCUT2D eigenvalue weighted by atomic mass is 9.87. The maximum absolute atomic E-state index is 10.7. The van der Waals surface area contributed by atoms with Crippen molar-refractivity contribution in [1.82, 2.24) is 4.90 Å². The van der Waals surface area contributed by atoms with Crippen molar-refractivity contribution in [3.8, 4) is 0 Å². The first kappa shape index (κ1) is 10.8. The highest BCUT2D eigenvalue weighted by molar-refractivity contribution is 5.53. The van der Waals surface area contributed by atoms with Crippen molar-refractivity contribution in [2.45, 2.75) is 38.5 Å². The average molecular weight is 221 g/mol. The van der Waals surface area contributed by atoms with Gasteiger partial charge < -0.3 is 9.69 Å². The number of likely N-dealkylation sites (tertiary alicyclic amines) is 1. The third kappa shape index (κ3) is 2.04. The zero-order valence-corrected chi connectivity index (χ0v) is 10.1. The number of hydrogen-bond acceptors (Lipinski definition) is 2. The number of fused-ring (bicyclic) bond motifs is 2. The molecule has 3 aliphatic rings. The maximum Gasteiger partial charge on any atom is 0.123 e. The van der Waals surface area contributed by atoms with Gasteiger partial charge in [-0.25, -0.2) is 0 Å². The summed E-state index contributed by atoms with van der Waals surface area (Å²) < 4.78 is 0. The van der Waals surface area contributed by atoms with Crippen LogP contribution in [0.4, 0.5) is 0 Å². The van der Waals surface area contributed by atoms with E-state index in [9.17, 15) is 4.79 Å². The number of carbonyl (C=O) groups excluding carboxylic acids is 1. The minimum Gasteiger partial charge on any atom is -0.303 e. The first-order valence-corrected chi connectivity index (χ1v) is 7.03. The molecule has 16 heavy (non-hydrogen) atoms. The topological polar surface area (TPSA) is 20.3 Å². The molecule has 1 heterocycles. The molecular formula is C14H23NO. The predicted molar refractivity (Wildman–Crippen MR) is 64.2 cm³/mol. The van der Waals surface area contributed by atoms with Gasteiger partial charge in [0.15, 0.2) is 0 Å². The van der Waals surface area contributed by atoms with Crippen molar-refractivity contribution >= 4 is 6.29 Å². The number of carbonyl (C=O) groups is 1. The van der Waals surface area contributed by atoms with Gasteiger partial charge in [0.25, 0.3) is 0 Å². The molecule has 0 radical (unpaired) electrons. The quantitative estimate of drug-likeness (QED) is 0.682. The molecule has 2 nitrogen and oxygen atoms in total. The van der Waals surface area contributed by atoms with Gasteiger partial charge in [-0.1, -0.05) is 6.42 Å². The van der Waals surface area contributed by atoms with Crippen molar-refractivity contribution < 1.29 is 4.79 Å². The van der Waals surface area contributed by atoms with E-state index in [0.717, 1.165) is 50.0 Å². The first-order valence-electron chi connectivity index (χ1n) is 7.03. The van der Waals surface area contributed by atoms with Gasteiger partial charge in [0.2, 0.25) is 0 Å². The Bertz CT molecular complexity index is 257. The van der Waals surface area contributed by atoms with E-state index >= 15 is 0 Å². The normalized spacial score (nSPS) is 40.4. The fourth-order valence-corrected chi connectivity index (χ4v) is 4.20. The molecule has 2 bridgehead atoms. The lowest BCUT2D eigenvalue weighted by molar-refractivity contribution is -0.112. The van der Waals surface area contributed by atoms with Crippen LogP contribution in [0.25, 0.3) is 0 Å². The van der Waals surface area contributed by atoms with E-state index in [4.69, 9.17) is 0 Å². The Morgan fingerprint density at radius 1 is 1.06 bits per heavy atom. The zero-order valence-electron chi connectivity index (χ0n) is 10.1. The smallest absolute Gasteiger partial charge is 0.123 e. The third-order valence-corrected chi connectivity index (χ3v) is 5.20. The standard InChI is InChI=1S/C14H23NO/c16-10-11-3-5-15(6-4-11)9-14-8-12-1-2-13(14)7-12/h10-14H,1-9H2. The van der Waals surface area contributed by atoms with Gasteiger partial charge in [0.1, 0.15) is 6.29 Å². The summed E-state index contributed by atoms with van der Waals surface area (Å²) in [6.07, 6.45) is 9.39. The third-order valence-electron chi connectivity index (χ3n) is 5.20. The lowest BCUT2D eigenvalue weighted by Gasteiger charge is -2.34. The van der Waals surface area contributed by atoms with Gasteiger partial charge in [-0.3, -0.25) is 0 Å². The fourth-order valence-electron chi connectivity index (χ4n) is 4.20. The predicted octanol–water partition coefficient (Wildman–Crippen LogP) is 2.33. The Labute approximate surface area is 98.4 Å². The van der Waals surface area contributed by atoms with Crippen LogP contribution in [0.5, 0.6) is 0 Å². The van der Waals surface area contributed by atoms with Gasteiger partial charge in [-0.15, -0.1) is 0 Å². The monoisotopic (exact) mass is 221 g/mol. The summed E-state index contributed by atoms with van der Waals surface area (Å²) in [6.45, 7) is 3.65. The molecule has 3 unspecified atom stereocenters. The summed E-state index contributed by atoms with van der Waals surface area (Å²) in [4.78, 5) is 13.3. The second-order valence-electron chi connectivity index (χ2n) is 6.21. The molecule has 2 heteroatoms. The highest BCUT2D eigenvalue weighted by Crippen LogP contribution is 2.48. The molecule has 2 aliphatic carbocycles. The summed E-state index contributed by atoms with van der Waals surface area (Å²) in [5.74, 6) is 3.47. The second kappa shape index (κ2) is 4.48. The van der Waals surface area contributed by atoms with E-state index in [0.29, 0.717) is 5.92 Å². The van der Waals surface area contributed by atoms with Crippen LogP contribution in [0.15, 0.2) is 0 Å². The molecule has 2 saturated carbocycles. The van der Waals surface area contributed by atoms with E-state index < -0.39 is 0 Å². The molecular weight excluding hydrogens is 198 g/mol. The highest BCUT2D eigenvalue weighted by Gasteiger charge is 2.40. The van der Waals surface area contributed by atoms with E-state index in [1.54, 1.807) is 0 Å². The largest absolute Gasteiger partial charge is 0.303 e. The Kier molecular flexibility index (Phi) is 3.01. The van der Waals surface area contributed by atoms with Crippen molar-refractivity contribution in [2.24, 2.45) is 23.7 Å². The van der Waals surface area contributed by atoms with Crippen LogP contribution >= 0.6 is 0 Å². The molecule has 3 fully saturated rings. The molecule has 0 N–H and O–H groups in total. The Balaban J connectivity index is 1.47. The van der Waals surface area contributed by atoms with Crippen LogP contribution < -0.4 is 0 Å². The molecule has 90 valence electrons. The summed E-state index contributed by atoms with van der Waals surface area (Å²) in [5, 5.41) is 0. The van der Waals surface area contributed by atoms with Crippen LogP contribution in [0.3, 0.4) is 0 Å². The zero-order chi connectivity index (χ0) is 11.0. The van der Waals surface area contributed by atoms with E-state index in [-0.39, 0.29) is 0 Å². The van der Waals surface area contributed by atoms with Gasteiger partial charge >= 0.3 is 0 Å². The van der Waals surface area contributed by atoms with E-state index in [2.05, 4.69) is 4.90 Å². The lowest BCUT2D eigenvalue weighted by Crippen LogP contribution is -2.38. The van der Waals surface area contributed by atoms with Crippen LogP contribution in [-0.4, -0.2) is 30.8 Å². The number of nitrogens with zero attached hydrogens (tertiary/aromatic N) is 1. The van der Waals surface area contributed by atoms with Gasteiger partial charge in [-0.05, 0) is 62.9 Å². The number of piperidine rings is 1. The first-order chi connectivity index (χ1) is 7.85. The Morgan fingerprint density at radius 3 is 2.44 bits per heavy atom. The van der Waals surface area contributed by atoms with E-state index in [1.807, 2.05) is 0 Å². The Morgan fingerprint density at radius 2 is 1.88 bits per heavy atom. The summed E-state index contributed by atoms with van der Waals surface area (Å²) >= 11 is 0. The number of hydrogen-bond donors (Lipinski definition) is 0. The highest BCUT2D eigenvalue weighted by atomic mass is 16.1. The minimum absolute atomic E-state index is 0.358. The van der Waals surface area contributed by atoms with E-state index in [1.165, 1.54) is 32.2 Å². The van der Waals surface area contributed by atoms with Gasteiger partial charge in [0, 0.05) is 12.5 Å². The molecule has 0 aromatic carbocycles. The van der Waals surface area contributed by atoms with Crippen molar-refractivity contribution in [3.63, 3.8) is 0 Å². The molecule has 0 aromatic heterocycles. The summed E-state index contributed by atoms with van der Waals surface area (Å²) in [7, 11) is 0. The molecule has 1 saturated heterocycles. The van der Waals surface area contributed by atoms with Crippen LogP contribution in [0.2, 0.25) is 0 Å². The van der Waals surface area contributed by atoms with Crippen LogP contribution in [0.1, 0.15) is 38.5 Å². The fraction of sp³-hybridized carbons (Fsp3) is 0.929. The Hall–Kier alpha value is -0.370. The van der Waals surface area contributed by atoms with Crippen LogP contribution in [-0.2, 0) is 4.79 Å². The molecule has 0 amide bonds. The molecule has 3 atom stereocenters. The molecule has 0 spiro atoms. The SMILES string of the molecule is O=CC1CCN(CC2CC3CCC2C3)CC1. The molecule has 3 rings (SSSR count). The summed E-state index contributed by atoms with van der Waals surface area (Å²) in [6, 6.07) is 0. The van der Waals surface area contributed by atoms with Crippen molar-refractivity contribution in [2.75, 3.05) is 19.6 Å². The second-order valence-corrected chi connectivity index (χ2v) is 6.21. The minimum atomic E-state index is 0.358. The number of rotatable bonds is 3. The molecule has 0 aromatic rings. The van der Waals surface area contributed by atoms with Crippen molar-refractivity contribution in [1.29, 1.82) is 0 Å². The van der Waals surface area contributed by atoms with Gasteiger partial charge in [0.05, 0.1) is 0 Å². The van der Waals surface area contributed by atoms with Crippen LogP contribution in [0, 0.1) is 23.7 Å². The molecule has 1 aliphatic heterocycles. The van der Waals surface area contributed by atoms with Gasteiger partial charge in [-0.2, -0.15) is 0 Å². The van der Waals surface area contributed by atoms with Crippen molar-refractivity contribution in [3.05, 3.63) is 0 Å². The maximum atomic E-state index is 10.7. The summed E-state index contributed by atoms with van der Waals surface area (Å²) in [5.41, 5.74) is 0. The average Bonchev–Trinajstić information content (AvgIpc) is 2.92.